The number of esters is 1. The van der Waals surface area contributed by atoms with E-state index in [1.807, 2.05) is 0 Å². The maximum atomic E-state index is 13.4. The van der Waals surface area contributed by atoms with Gasteiger partial charge in [-0.2, -0.15) is 0 Å². The maximum Gasteiger partial charge on any atom is 0.337 e. The molecule has 0 atom stereocenters. The first-order valence-electron chi connectivity index (χ1n) is 10.5. The molecule has 4 rings (SSSR count). The Bertz CT molecular complexity index is 1450. The van der Waals surface area contributed by atoms with Crippen molar-refractivity contribution in [1.82, 2.24) is 18.7 Å². The van der Waals surface area contributed by atoms with Gasteiger partial charge in [0, 0.05) is 19.7 Å². The number of imidazole rings is 1. The number of aromatic nitrogens is 4. The predicted molar refractivity (Wildman–Crippen MR) is 125 cm³/mol. The summed E-state index contributed by atoms with van der Waals surface area (Å²) in [6.45, 7) is 0.600. The molecule has 34 heavy (non-hydrogen) atoms. The Morgan fingerprint density at radius 2 is 1.79 bits per heavy atom. The Kier molecular flexibility index (Phi) is 6.60. The average Bonchev–Trinajstić information content (AvgIpc) is 3.27. The summed E-state index contributed by atoms with van der Waals surface area (Å²) in [5.74, 6) is 0.139. The molecule has 10 heteroatoms. The zero-order chi connectivity index (χ0) is 24.2. The van der Waals surface area contributed by atoms with Crippen molar-refractivity contribution < 1.29 is 19.0 Å². The minimum Gasteiger partial charge on any atom is -0.497 e. The lowest BCUT2D eigenvalue weighted by molar-refractivity contribution is 0.0600. The number of fused-ring (bicyclic) bond motifs is 1. The van der Waals surface area contributed by atoms with Crippen LogP contribution in [0.5, 0.6) is 5.75 Å². The summed E-state index contributed by atoms with van der Waals surface area (Å²) >= 11 is 0. The van der Waals surface area contributed by atoms with Crippen molar-refractivity contribution in [1.29, 1.82) is 0 Å². The molecule has 0 amide bonds. The summed E-state index contributed by atoms with van der Waals surface area (Å²) in [4.78, 5) is 42.8. The van der Waals surface area contributed by atoms with E-state index in [4.69, 9.17) is 14.2 Å². The van der Waals surface area contributed by atoms with Crippen LogP contribution in [-0.2, 0) is 22.6 Å². The molecule has 0 saturated carbocycles. The highest BCUT2D eigenvalue weighted by molar-refractivity contribution is 5.89. The average molecular weight is 464 g/mol. The molecule has 0 aliphatic heterocycles. The van der Waals surface area contributed by atoms with Gasteiger partial charge in [0.1, 0.15) is 5.75 Å². The molecule has 176 valence electrons. The molecule has 0 fully saturated rings. The van der Waals surface area contributed by atoms with Crippen LogP contribution < -0.4 is 16.0 Å². The summed E-state index contributed by atoms with van der Waals surface area (Å²) < 4.78 is 19.4. The number of carbonyl (C=O) groups is 1. The molecule has 0 aliphatic carbocycles. The smallest absolute Gasteiger partial charge is 0.337 e. The van der Waals surface area contributed by atoms with Crippen LogP contribution in [0.15, 0.2) is 64.4 Å². The first kappa shape index (κ1) is 23.0. The Labute approximate surface area is 194 Å². The van der Waals surface area contributed by atoms with Crippen LogP contribution in [0.2, 0.25) is 0 Å². The quantitative estimate of drug-likeness (QED) is 0.366. The number of methoxy groups -OCH3 is 3. The molecule has 0 spiro atoms. The normalized spacial score (nSPS) is 11.0. The maximum absolute atomic E-state index is 13.4. The van der Waals surface area contributed by atoms with Crippen molar-refractivity contribution in [2.45, 2.75) is 13.1 Å². The Morgan fingerprint density at radius 3 is 2.47 bits per heavy atom. The zero-order valence-corrected chi connectivity index (χ0v) is 19.1. The lowest BCUT2D eigenvalue weighted by Crippen LogP contribution is -2.41. The summed E-state index contributed by atoms with van der Waals surface area (Å²) in [6, 6.07) is 13.8. The van der Waals surface area contributed by atoms with Gasteiger partial charge in [-0.15, -0.1) is 0 Å². The van der Waals surface area contributed by atoms with Gasteiger partial charge >= 0.3 is 11.7 Å². The fourth-order valence-corrected chi connectivity index (χ4v) is 3.72. The van der Waals surface area contributed by atoms with Gasteiger partial charge in [0.05, 0.1) is 44.9 Å². The second kappa shape index (κ2) is 9.75. The van der Waals surface area contributed by atoms with Gasteiger partial charge in [-0.1, -0.05) is 18.2 Å². The fraction of sp³-hybridized carbons (Fsp3) is 0.250. The second-order valence-corrected chi connectivity index (χ2v) is 7.50. The summed E-state index contributed by atoms with van der Waals surface area (Å²) in [7, 11) is 4.37. The van der Waals surface area contributed by atoms with Gasteiger partial charge in [0.2, 0.25) is 0 Å². The van der Waals surface area contributed by atoms with Crippen LogP contribution in [0.4, 0.5) is 0 Å². The van der Waals surface area contributed by atoms with E-state index in [1.165, 1.54) is 32.2 Å². The van der Waals surface area contributed by atoms with E-state index in [0.29, 0.717) is 23.5 Å². The van der Waals surface area contributed by atoms with E-state index in [1.54, 1.807) is 53.1 Å². The molecule has 0 unspecified atom stereocenters. The molecule has 2 heterocycles. The monoisotopic (exact) mass is 464 g/mol. The number of hydrogen-bond acceptors (Lipinski definition) is 7. The highest BCUT2D eigenvalue weighted by atomic mass is 16.5. The molecule has 2 aromatic carbocycles. The molecule has 0 aliphatic rings. The van der Waals surface area contributed by atoms with Crippen LogP contribution in [0.3, 0.4) is 0 Å². The van der Waals surface area contributed by atoms with Crippen molar-refractivity contribution >= 4 is 17.1 Å². The first-order valence-corrected chi connectivity index (χ1v) is 10.5. The largest absolute Gasteiger partial charge is 0.497 e. The topological polar surface area (TPSA) is 107 Å². The Hall–Kier alpha value is -4.18. The standard InChI is InChI=1S/C24H24N4O6/c1-32-12-11-27-22(29)20-21(28(24(27)31)18-5-4-6-19(13-18)33-2)25-15-26(20)14-16-7-9-17(10-8-16)23(30)34-3/h4-10,13,15H,11-12,14H2,1-3H3. The molecule has 0 bridgehead atoms. The highest BCUT2D eigenvalue weighted by Gasteiger charge is 2.19. The van der Waals surface area contributed by atoms with E-state index in [9.17, 15) is 14.4 Å². The molecule has 10 nitrogen and oxygen atoms in total. The minimum atomic E-state index is -0.518. The van der Waals surface area contributed by atoms with Crippen LogP contribution >= 0.6 is 0 Å². The number of ether oxygens (including phenoxy) is 3. The minimum absolute atomic E-state index is 0.0904. The van der Waals surface area contributed by atoms with Gasteiger partial charge in [-0.05, 0) is 29.8 Å². The van der Waals surface area contributed by atoms with Gasteiger partial charge in [-0.3, -0.25) is 9.36 Å². The van der Waals surface area contributed by atoms with E-state index in [2.05, 4.69) is 4.98 Å². The first-order chi connectivity index (χ1) is 16.5. The van der Waals surface area contributed by atoms with Crippen LogP contribution in [-0.4, -0.2) is 52.6 Å². The Balaban J connectivity index is 1.88. The SMILES string of the molecule is COCCn1c(=O)c2c(ncn2Cc2ccc(C(=O)OC)cc2)n(-c2cccc(OC)c2)c1=O. The third kappa shape index (κ3) is 4.23. The van der Waals surface area contributed by atoms with Gasteiger partial charge < -0.3 is 18.8 Å². The number of nitrogens with zero attached hydrogens (tertiary/aromatic N) is 4. The second-order valence-electron chi connectivity index (χ2n) is 7.50. The van der Waals surface area contributed by atoms with Gasteiger partial charge in [-0.25, -0.2) is 19.1 Å². The van der Waals surface area contributed by atoms with Crippen molar-refractivity contribution in [2.75, 3.05) is 27.9 Å². The number of rotatable bonds is 8. The van der Waals surface area contributed by atoms with Crippen LogP contribution in [0.25, 0.3) is 16.9 Å². The third-order valence-corrected chi connectivity index (χ3v) is 5.46. The summed E-state index contributed by atoms with van der Waals surface area (Å²) in [5.41, 5.74) is 1.33. The molecule has 0 N–H and O–H groups in total. The molecule has 0 saturated heterocycles. The summed E-state index contributed by atoms with van der Waals surface area (Å²) in [6.07, 6.45) is 1.52. The van der Waals surface area contributed by atoms with Crippen molar-refractivity contribution in [3.63, 3.8) is 0 Å². The van der Waals surface area contributed by atoms with Crippen molar-refractivity contribution in [3.8, 4) is 11.4 Å². The van der Waals surface area contributed by atoms with Crippen molar-refractivity contribution in [3.05, 3.63) is 86.8 Å². The fourth-order valence-electron chi connectivity index (χ4n) is 3.72. The third-order valence-electron chi connectivity index (χ3n) is 5.46. The molecular weight excluding hydrogens is 440 g/mol. The molecular formula is C24H24N4O6. The van der Waals surface area contributed by atoms with Crippen molar-refractivity contribution in [2.24, 2.45) is 0 Å². The van der Waals surface area contributed by atoms with Gasteiger partial charge in [0.15, 0.2) is 11.2 Å². The van der Waals surface area contributed by atoms with Gasteiger partial charge in [0.25, 0.3) is 5.56 Å². The number of hydrogen-bond donors (Lipinski definition) is 0. The lowest BCUT2D eigenvalue weighted by Gasteiger charge is -2.13. The number of benzene rings is 2. The highest BCUT2D eigenvalue weighted by Crippen LogP contribution is 2.19. The zero-order valence-electron chi connectivity index (χ0n) is 19.1. The predicted octanol–water partition coefficient (Wildman–Crippen LogP) is 1.84. The summed E-state index contributed by atoms with van der Waals surface area (Å²) in [5, 5.41) is 0. The van der Waals surface area contributed by atoms with Crippen LogP contribution in [0, 0.1) is 0 Å². The Morgan fingerprint density at radius 1 is 1.03 bits per heavy atom. The molecule has 4 aromatic rings. The van der Waals surface area contributed by atoms with E-state index < -0.39 is 17.2 Å². The van der Waals surface area contributed by atoms with Crippen LogP contribution in [0.1, 0.15) is 15.9 Å². The van der Waals surface area contributed by atoms with E-state index in [-0.39, 0.29) is 24.3 Å². The van der Waals surface area contributed by atoms with E-state index in [0.717, 1.165) is 10.1 Å². The van der Waals surface area contributed by atoms with E-state index >= 15 is 0 Å². The number of carbonyl (C=O) groups excluding carboxylic acids is 1. The molecule has 2 aromatic heterocycles. The molecule has 0 radical (unpaired) electrons. The lowest BCUT2D eigenvalue weighted by atomic mass is 10.1.